The highest BCUT2D eigenvalue weighted by atomic mass is 14.8. The zero-order chi connectivity index (χ0) is 39.6. The van der Waals surface area contributed by atoms with Gasteiger partial charge in [-0.2, -0.15) is 0 Å². The van der Waals surface area contributed by atoms with E-state index in [0.29, 0.717) is 0 Å². The molecule has 4 heteroatoms. The lowest BCUT2D eigenvalue weighted by molar-refractivity contribution is 1.31. The summed E-state index contributed by atoms with van der Waals surface area (Å²) in [4.78, 5) is 20.7. The van der Waals surface area contributed by atoms with Gasteiger partial charge in [0.15, 0.2) is 0 Å². The lowest BCUT2D eigenvalue weighted by Gasteiger charge is -2.14. The van der Waals surface area contributed by atoms with Crippen LogP contribution < -0.4 is 0 Å². The molecule has 10 aromatic carbocycles. The number of hydrogen-bond donors (Lipinski definition) is 0. The molecule has 278 valence electrons. The van der Waals surface area contributed by atoms with E-state index < -0.39 is 0 Å². The van der Waals surface area contributed by atoms with Crippen LogP contribution in [0.3, 0.4) is 0 Å². The lowest BCUT2D eigenvalue weighted by atomic mass is 9.92. The Kier molecular flexibility index (Phi) is 7.82. The van der Waals surface area contributed by atoms with Crippen molar-refractivity contribution in [1.29, 1.82) is 0 Å². The summed E-state index contributed by atoms with van der Waals surface area (Å²) in [6.45, 7) is 0. The normalized spacial score (nSPS) is 11.7. The number of rotatable bonds is 5. The van der Waals surface area contributed by atoms with Crippen LogP contribution in [0.1, 0.15) is 0 Å². The second kappa shape index (κ2) is 13.8. The molecule has 0 atom stereocenters. The van der Waals surface area contributed by atoms with Crippen LogP contribution in [0.4, 0.5) is 0 Å². The van der Waals surface area contributed by atoms with Gasteiger partial charge < -0.3 is 0 Å². The van der Waals surface area contributed by atoms with Crippen molar-refractivity contribution in [3.8, 4) is 55.9 Å². The Bertz CT molecular complexity index is 3380. The molecular formula is C56H34N4. The van der Waals surface area contributed by atoms with Crippen molar-refractivity contribution in [2.75, 3.05) is 0 Å². The van der Waals surface area contributed by atoms with Crippen molar-refractivity contribution in [1.82, 2.24) is 19.9 Å². The minimum absolute atomic E-state index is 0.842. The molecule has 12 aromatic rings. The Balaban J connectivity index is 0.981. The molecule has 0 unspecified atom stereocenters. The maximum atomic E-state index is 5.30. The summed E-state index contributed by atoms with van der Waals surface area (Å²) < 4.78 is 0. The molecule has 0 aliphatic rings. The summed E-state index contributed by atoms with van der Waals surface area (Å²) >= 11 is 0. The van der Waals surface area contributed by atoms with Gasteiger partial charge >= 0.3 is 0 Å². The van der Waals surface area contributed by atoms with Gasteiger partial charge in [-0.25, -0.2) is 9.97 Å². The highest BCUT2D eigenvalue weighted by Crippen LogP contribution is 2.39. The van der Waals surface area contributed by atoms with Gasteiger partial charge in [0.25, 0.3) is 0 Å². The van der Waals surface area contributed by atoms with Crippen molar-refractivity contribution >= 4 is 65.2 Å². The van der Waals surface area contributed by atoms with Crippen LogP contribution in [0.25, 0.3) is 121 Å². The van der Waals surface area contributed by atoms with Gasteiger partial charge in [-0.3, -0.25) is 9.97 Å². The third-order valence-corrected chi connectivity index (χ3v) is 11.9. The van der Waals surface area contributed by atoms with E-state index in [2.05, 4.69) is 194 Å². The highest BCUT2D eigenvalue weighted by Gasteiger charge is 2.16. The Morgan fingerprint density at radius 1 is 0.217 bits per heavy atom. The van der Waals surface area contributed by atoms with E-state index >= 15 is 0 Å². The molecule has 0 fully saturated rings. The smallest absolute Gasteiger partial charge is 0.0979 e. The van der Waals surface area contributed by atoms with Crippen LogP contribution in [0.2, 0.25) is 0 Å². The van der Waals surface area contributed by atoms with E-state index in [0.717, 1.165) is 99.5 Å². The summed E-state index contributed by atoms with van der Waals surface area (Å²) in [5.41, 5.74) is 14.1. The molecule has 0 bridgehead atoms. The predicted molar refractivity (Wildman–Crippen MR) is 250 cm³/mol. The van der Waals surface area contributed by atoms with Crippen molar-refractivity contribution in [2.24, 2.45) is 0 Å². The van der Waals surface area contributed by atoms with Crippen LogP contribution in [0.15, 0.2) is 207 Å². The van der Waals surface area contributed by atoms with Crippen LogP contribution in [-0.4, -0.2) is 19.9 Å². The minimum atomic E-state index is 0.842. The molecular weight excluding hydrogens is 729 g/mol. The quantitative estimate of drug-likeness (QED) is 0.164. The highest BCUT2D eigenvalue weighted by molar-refractivity contribution is 6.24. The van der Waals surface area contributed by atoms with Crippen LogP contribution in [0, 0.1) is 0 Å². The SMILES string of the molecule is c1ccc(-c2cc(-c3cccc(-c4cnc5c6ccccc6c6ccccc6c5n4)c3)cc(-c3cccc(-c4cnc5c6ccccc6c6ccccc6c5n4)c3)c2)cc1. The zero-order valence-electron chi connectivity index (χ0n) is 32.4. The number of hydrogen-bond acceptors (Lipinski definition) is 4. The summed E-state index contributed by atoms with van der Waals surface area (Å²) in [5.74, 6) is 0. The molecule has 2 heterocycles. The molecule has 0 aliphatic heterocycles. The van der Waals surface area contributed by atoms with Gasteiger partial charge in [-0.1, -0.05) is 164 Å². The Morgan fingerprint density at radius 2 is 0.517 bits per heavy atom. The molecule has 12 rings (SSSR count). The van der Waals surface area contributed by atoms with Crippen molar-refractivity contribution < 1.29 is 0 Å². The van der Waals surface area contributed by atoms with Crippen LogP contribution in [-0.2, 0) is 0 Å². The van der Waals surface area contributed by atoms with Crippen molar-refractivity contribution in [3.63, 3.8) is 0 Å². The lowest BCUT2D eigenvalue weighted by Crippen LogP contribution is -1.93. The Morgan fingerprint density at radius 3 is 0.933 bits per heavy atom. The van der Waals surface area contributed by atoms with E-state index in [1.165, 1.54) is 21.5 Å². The molecule has 0 amide bonds. The maximum absolute atomic E-state index is 5.30. The van der Waals surface area contributed by atoms with Gasteiger partial charge in [0.2, 0.25) is 0 Å². The largest absolute Gasteiger partial charge is 0.252 e. The summed E-state index contributed by atoms with van der Waals surface area (Å²) in [6, 6.07) is 68.8. The van der Waals surface area contributed by atoms with Crippen molar-refractivity contribution in [3.05, 3.63) is 207 Å². The van der Waals surface area contributed by atoms with Gasteiger partial charge in [-0.05, 0) is 85.3 Å². The summed E-state index contributed by atoms with van der Waals surface area (Å²) in [7, 11) is 0. The molecule has 0 aliphatic carbocycles. The van der Waals surface area contributed by atoms with Crippen LogP contribution >= 0.6 is 0 Å². The average Bonchev–Trinajstić information content (AvgIpc) is 3.34. The molecule has 0 spiro atoms. The summed E-state index contributed by atoms with van der Waals surface area (Å²) in [5, 5.41) is 9.20. The molecule has 0 saturated carbocycles. The fourth-order valence-electron chi connectivity index (χ4n) is 9.00. The van der Waals surface area contributed by atoms with Gasteiger partial charge in [-0.15, -0.1) is 0 Å². The minimum Gasteiger partial charge on any atom is -0.252 e. The fraction of sp³-hybridized carbons (Fsp3) is 0. The molecule has 60 heavy (non-hydrogen) atoms. The number of nitrogens with zero attached hydrogens (tertiary/aromatic N) is 4. The van der Waals surface area contributed by atoms with E-state index in [-0.39, 0.29) is 0 Å². The first kappa shape index (κ1) is 34.0. The second-order valence-corrected chi connectivity index (χ2v) is 15.4. The third-order valence-electron chi connectivity index (χ3n) is 11.9. The first-order chi connectivity index (χ1) is 29.7. The van der Waals surface area contributed by atoms with E-state index in [9.17, 15) is 0 Å². The van der Waals surface area contributed by atoms with E-state index in [1.54, 1.807) is 0 Å². The van der Waals surface area contributed by atoms with Gasteiger partial charge in [0.05, 0.1) is 45.8 Å². The Labute approximate surface area is 346 Å². The second-order valence-electron chi connectivity index (χ2n) is 15.4. The first-order valence-electron chi connectivity index (χ1n) is 20.3. The number of fused-ring (bicyclic) bond motifs is 12. The molecule has 4 nitrogen and oxygen atoms in total. The molecule has 0 radical (unpaired) electrons. The van der Waals surface area contributed by atoms with Gasteiger partial charge in [0.1, 0.15) is 0 Å². The van der Waals surface area contributed by atoms with E-state index in [1.807, 2.05) is 12.4 Å². The fourth-order valence-corrected chi connectivity index (χ4v) is 9.00. The third kappa shape index (κ3) is 5.61. The van der Waals surface area contributed by atoms with E-state index in [4.69, 9.17) is 19.9 Å². The standard InChI is InChI=1S/C56H34N4/c1-2-14-35(15-3-1)40-30-41(36-16-12-18-38(28-36)51-33-57-53-47-24-8-4-20-43(47)45-22-6-10-26-49(45)55(53)59-51)32-42(31-40)37-17-13-19-39(29-37)52-34-58-54-48-25-9-5-21-44(48)46-23-7-11-27-50(46)56(54)60-52/h1-34H. The number of aromatic nitrogens is 4. The van der Waals surface area contributed by atoms with Crippen molar-refractivity contribution in [2.45, 2.75) is 0 Å². The maximum Gasteiger partial charge on any atom is 0.0979 e. The zero-order valence-corrected chi connectivity index (χ0v) is 32.4. The summed E-state index contributed by atoms with van der Waals surface area (Å²) in [6.07, 6.45) is 3.84. The molecule has 0 N–H and O–H groups in total. The average molecular weight is 763 g/mol. The molecule has 2 aromatic heterocycles. The van der Waals surface area contributed by atoms with Crippen LogP contribution in [0.5, 0.6) is 0 Å². The first-order valence-corrected chi connectivity index (χ1v) is 20.3. The monoisotopic (exact) mass is 762 g/mol. The topological polar surface area (TPSA) is 51.6 Å². The molecule has 0 saturated heterocycles. The number of benzene rings is 10. The Hall–Kier alpha value is -8.08. The van der Waals surface area contributed by atoms with Gasteiger partial charge in [0, 0.05) is 32.7 Å². The predicted octanol–water partition coefficient (Wildman–Crippen LogP) is 14.5.